The fraction of sp³-hybridized carbons (Fsp3) is 0.500. The van der Waals surface area contributed by atoms with Crippen molar-refractivity contribution in [1.82, 2.24) is 0 Å². The molecule has 2 unspecified atom stereocenters. The van der Waals surface area contributed by atoms with Crippen molar-refractivity contribution >= 4 is 9.84 Å². The number of benzene rings is 1. The van der Waals surface area contributed by atoms with Crippen LogP contribution in [0, 0.1) is 17.6 Å². The molecule has 102 valence electrons. The Morgan fingerprint density at radius 2 is 1.94 bits per heavy atom. The van der Waals surface area contributed by atoms with Crippen LogP contribution >= 0.6 is 0 Å². The number of sulfone groups is 1. The SMILES string of the molecule is CCC(C)C(N)CS(=O)(=O)c1cc(F)ccc1F. The van der Waals surface area contributed by atoms with Gasteiger partial charge in [-0.25, -0.2) is 17.2 Å². The van der Waals surface area contributed by atoms with Crippen LogP contribution in [0.15, 0.2) is 23.1 Å². The Bertz CT molecular complexity index is 517. The van der Waals surface area contributed by atoms with E-state index in [0.717, 1.165) is 18.6 Å². The Kier molecular flexibility index (Phi) is 4.81. The molecule has 0 aliphatic heterocycles. The summed E-state index contributed by atoms with van der Waals surface area (Å²) in [4.78, 5) is -0.624. The molecule has 2 atom stereocenters. The lowest BCUT2D eigenvalue weighted by Gasteiger charge is -2.18. The van der Waals surface area contributed by atoms with Gasteiger partial charge in [-0.3, -0.25) is 0 Å². The molecule has 0 aromatic heterocycles. The normalized spacial score (nSPS) is 15.4. The number of halogens is 2. The van der Waals surface area contributed by atoms with Gasteiger partial charge in [-0.05, 0) is 24.1 Å². The lowest BCUT2D eigenvalue weighted by atomic mass is 10.0. The molecule has 0 spiro atoms. The molecule has 0 bridgehead atoms. The van der Waals surface area contributed by atoms with Gasteiger partial charge in [0.15, 0.2) is 9.84 Å². The molecule has 0 amide bonds. The molecule has 0 saturated carbocycles. The number of hydrogen-bond acceptors (Lipinski definition) is 3. The lowest BCUT2D eigenvalue weighted by molar-refractivity contribution is 0.464. The highest BCUT2D eigenvalue weighted by Crippen LogP contribution is 2.19. The third-order valence-corrected chi connectivity index (χ3v) is 4.82. The summed E-state index contributed by atoms with van der Waals surface area (Å²) in [5.41, 5.74) is 5.74. The van der Waals surface area contributed by atoms with E-state index >= 15 is 0 Å². The van der Waals surface area contributed by atoms with E-state index in [4.69, 9.17) is 5.73 Å². The lowest BCUT2D eigenvalue weighted by Crippen LogP contribution is -2.35. The maximum Gasteiger partial charge on any atom is 0.182 e. The molecule has 0 saturated heterocycles. The standard InChI is InChI=1S/C12H17F2NO2S/c1-3-8(2)11(15)7-18(16,17)12-6-9(13)4-5-10(12)14/h4-6,8,11H,3,7,15H2,1-2H3. The van der Waals surface area contributed by atoms with Crippen molar-refractivity contribution < 1.29 is 17.2 Å². The maximum absolute atomic E-state index is 13.4. The zero-order valence-electron chi connectivity index (χ0n) is 10.4. The summed E-state index contributed by atoms with van der Waals surface area (Å²) in [6.07, 6.45) is 0.725. The zero-order valence-corrected chi connectivity index (χ0v) is 11.2. The summed E-state index contributed by atoms with van der Waals surface area (Å²) in [6, 6.07) is 1.77. The van der Waals surface area contributed by atoms with Crippen LogP contribution in [0.25, 0.3) is 0 Å². The molecular weight excluding hydrogens is 260 g/mol. The van der Waals surface area contributed by atoms with Crippen molar-refractivity contribution in [2.24, 2.45) is 11.7 Å². The summed E-state index contributed by atoms with van der Waals surface area (Å²) < 4.78 is 50.3. The van der Waals surface area contributed by atoms with E-state index in [0.29, 0.717) is 6.07 Å². The first-order valence-electron chi connectivity index (χ1n) is 5.71. The summed E-state index contributed by atoms with van der Waals surface area (Å²) in [5, 5.41) is 0. The van der Waals surface area contributed by atoms with Gasteiger partial charge in [-0.1, -0.05) is 20.3 Å². The van der Waals surface area contributed by atoms with Crippen LogP contribution in [-0.2, 0) is 9.84 Å². The van der Waals surface area contributed by atoms with Crippen molar-refractivity contribution in [1.29, 1.82) is 0 Å². The quantitative estimate of drug-likeness (QED) is 0.896. The monoisotopic (exact) mass is 277 g/mol. The average molecular weight is 277 g/mol. The highest BCUT2D eigenvalue weighted by Gasteiger charge is 2.25. The molecule has 0 aliphatic carbocycles. The van der Waals surface area contributed by atoms with Gasteiger partial charge < -0.3 is 5.73 Å². The predicted molar refractivity (Wildman–Crippen MR) is 65.8 cm³/mol. The van der Waals surface area contributed by atoms with E-state index in [9.17, 15) is 17.2 Å². The molecule has 0 heterocycles. The second-order valence-corrected chi connectivity index (χ2v) is 6.41. The number of rotatable bonds is 5. The Balaban J connectivity index is 3.03. The van der Waals surface area contributed by atoms with E-state index < -0.39 is 32.4 Å². The number of hydrogen-bond donors (Lipinski definition) is 1. The minimum Gasteiger partial charge on any atom is -0.327 e. The fourth-order valence-corrected chi connectivity index (χ4v) is 3.20. The minimum absolute atomic E-state index is 0.00334. The highest BCUT2D eigenvalue weighted by atomic mass is 32.2. The molecule has 18 heavy (non-hydrogen) atoms. The Morgan fingerprint density at radius 3 is 2.50 bits per heavy atom. The molecule has 0 aliphatic rings. The smallest absolute Gasteiger partial charge is 0.182 e. The van der Waals surface area contributed by atoms with Gasteiger partial charge in [0.05, 0.1) is 5.75 Å². The molecule has 0 radical (unpaired) electrons. The molecule has 1 aromatic rings. The third kappa shape index (κ3) is 3.49. The molecule has 3 nitrogen and oxygen atoms in total. The topological polar surface area (TPSA) is 60.2 Å². The first-order chi connectivity index (χ1) is 8.27. The molecule has 0 fully saturated rings. The van der Waals surface area contributed by atoms with Gasteiger partial charge in [0, 0.05) is 6.04 Å². The van der Waals surface area contributed by atoms with Crippen LogP contribution in [0.1, 0.15) is 20.3 Å². The average Bonchev–Trinajstić information content (AvgIpc) is 2.30. The van der Waals surface area contributed by atoms with Crippen molar-refractivity contribution in [2.75, 3.05) is 5.75 Å². The molecule has 2 N–H and O–H groups in total. The predicted octanol–water partition coefficient (Wildman–Crippen LogP) is 2.11. The van der Waals surface area contributed by atoms with Gasteiger partial charge in [0.1, 0.15) is 16.5 Å². The molecular formula is C12H17F2NO2S. The first kappa shape index (κ1) is 15.0. The van der Waals surface area contributed by atoms with Crippen LogP contribution in [0.3, 0.4) is 0 Å². The second-order valence-electron chi connectivity index (χ2n) is 4.41. The first-order valence-corrected chi connectivity index (χ1v) is 7.36. The van der Waals surface area contributed by atoms with Gasteiger partial charge in [0.2, 0.25) is 0 Å². The number of nitrogens with two attached hydrogens (primary N) is 1. The van der Waals surface area contributed by atoms with Crippen LogP contribution in [0.2, 0.25) is 0 Å². The van der Waals surface area contributed by atoms with Crippen molar-refractivity contribution in [3.8, 4) is 0 Å². The van der Waals surface area contributed by atoms with E-state index in [1.54, 1.807) is 0 Å². The molecule has 1 rings (SSSR count). The Morgan fingerprint density at radius 1 is 1.33 bits per heavy atom. The van der Waals surface area contributed by atoms with E-state index in [2.05, 4.69) is 0 Å². The fourth-order valence-electron chi connectivity index (χ4n) is 1.53. The van der Waals surface area contributed by atoms with Crippen molar-refractivity contribution in [2.45, 2.75) is 31.2 Å². The largest absolute Gasteiger partial charge is 0.327 e. The molecule has 6 heteroatoms. The second kappa shape index (κ2) is 5.75. The van der Waals surface area contributed by atoms with Crippen molar-refractivity contribution in [3.05, 3.63) is 29.8 Å². The minimum atomic E-state index is -3.91. The summed E-state index contributed by atoms with van der Waals surface area (Å²) in [5.74, 6) is -2.13. The molecule has 1 aromatic carbocycles. The summed E-state index contributed by atoms with van der Waals surface area (Å²) in [6.45, 7) is 3.71. The summed E-state index contributed by atoms with van der Waals surface area (Å²) >= 11 is 0. The third-order valence-electron chi connectivity index (χ3n) is 3.02. The van der Waals surface area contributed by atoms with E-state index in [1.807, 2.05) is 13.8 Å². The maximum atomic E-state index is 13.4. The van der Waals surface area contributed by atoms with Gasteiger partial charge >= 0.3 is 0 Å². The van der Waals surface area contributed by atoms with Gasteiger partial charge in [-0.15, -0.1) is 0 Å². The Labute approximate surface area is 106 Å². The summed E-state index contributed by atoms with van der Waals surface area (Å²) in [7, 11) is -3.91. The van der Waals surface area contributed by atoms with Crippen LogP contribution in [0.5, 0.6) is 0 Å². The van der Waals surface area contributed by atoms with E-state index in [-0.39, 0.29) is 11.7 Å². The van der Waals surface area contributed by atoms with Gasteiger partial charge in [0.25, 0.3) is 0 Å². The zero-order chi connectivity index (χ0) is 13.9. The van der Waals surface area contributed by atoms with Crippen molar-refractivity contribution in [3.63, 3.8) is 0 Å². The van der Waals surface area contributed by atoms with E-state index in [1.165, 1.54) is 0 Å². The van der Waals surface area contributed by atoms with Crippen LogP contribution in [-0.4, -0.2) is 20.2 Å². The van der Waals surface area contributed by atoms with Crippen LogP contribution in [0.4, 0.5) is 8.78 Å². The highest BCUT2D eigenvalue weighted by molar-refractivity contribution is 7.91. The van der Waals surface area contributed by atoms with Crippen LogP contribution < -0.4 is 5.73 Å². The Hall–Kier alpha value is -1.01. The van der Waals surface area contributed by atoms with Gasteiger partial charge in [-0.2, -0.15) is 0 Å².